The Bertz CT molecular complexity index is 554. The molecule has 1 aliphatic rings. The zero-order valence-electron chi connectivity index (χ0n) is 11.1. The van der Waals surface area contributed by atoms with Gasteiger partial charge >= 0.3 is 0 Å². The molecule has 0 radical (unpaired) electrons. The summed E-state index contributed by atoms with van der Waals surface area (Å²) in [4.78, 5) is 40.4. The first-order chi connectivity index (χ1) is 9.61. The van der Waals surface area contributed by atoms with Gasteiger partial charge in [0, 0.05) is 18.5 Å². The van der Waals surface area contributed by atoms with E-state index in [1.54, 1.807) is 31.5 Å². The molecule has 3 amide bonds. The molecular formula is C14H15N3O3. The maximum absolute atomic E-state index is 12.1. The highest BCUT2D eigenvalue weighted by Crippen LogP contribution is 2.10. The second kappa shape index (κ2) is 6.10. The lowest BCUT2D eigenvalue weighted by Crippen LogP contribution is -2.59. The molecule has 0 aromatic carbocycles. The Morgan fingerprint density at radius 3 is 3.00 bits per heavy atom. The first kappa shape index (κ1) is 13.9. The summed E-state index contributed by atoms with van der Waals surface area (Å²) >= 11 is 0. The number of amides is 3. The van der Waals surface area contributed by atoms with Crippen molar-refractivity contribution in [2.24, 2.45) is 0 Å². The molecule has 104 valence electrons. The van der Waals surface area contributed by atoms with Gasteiger partial charge in [0.05, 0.1) is 0 Å². The highest BCUT2D eigenvalue weighted by atomic mass is 16.2. The predicted molar refractivity (Wildman–Crippen MR) is 72.2 cm³/mol. The van der Waals surface area contributed by atoms with Crippen molar-refractivity contribution in [2.75, 3.05) is 6.54 Å². The van der Waals surface area contributed by atoms with Crippen LogP contribution in [0.2, 0.25) is 0 Å². The van der Waals surface area contributed by atoms with Crippen molar-refractivity contribution in [1.82, 2.24) is 15.2 Å². The van der Waals surface area contributed by atoms with Gasteiger partial charge in [0.15, 0.2) is 0 Å². The molecule has 1 N–H and O–H groups in total. The number of rotatable bonds is 3. The summed E-state index contributed by atoms with van der Waals surface area (Å²) in [5.74, 6) is -1.24. The van der Waals surface area contributed by atoms with Crippen LogP contribution in [0.3, 0.4) is 0 Å². The van der Waals surface area contributed by atoms with Crippen LogP contribution in [0.5, 0.6) is 0 Å². The summed E-state index contributed by atoms with van der Waals surface area (Å²) in [6.07, 6.45) is 6.69. The average Bonchev–Trinajstić information content (AvgIpc) is 2.45. The third-order valence-corrected chi connectivity index (χ3v) is 3.03. The number of hydrogen-bond donors (Lipinski definition) is 1. The molecule has 2 heterocycles. The minimum absolute atomic E-state index is 0.0968. The fourth-order valence-corrected chi connectivity index (χ4v) is 2.04. The number of piperazine rings is 1. The van der Waals surface area contributed by atoms with Gasteiger partial charge in [-0.1, -0.05) is 13.0 Å². The summed E-state index contributed by atoms with van der Waals surface area (Å²) in [7, 11) is 0. The SMILES string of the molecule is CCC1C(=O)NC(=O)CN1C(=O)C=Cc1cccnc1. The quantitative estimate of drug-likeness (QED) is 0.637. The molecule has 1 aliphatic heterocycles. The van der Waals surface area contributed by atoms with Crippen LogP contribution >= 0.6 is 0 Å². The molecule has 1 atom stereocenters. The summed E-state index contributed by atoms with van der Waals surface area (Å²) in [5.41, 5.74) is 0.779. The number of carbonyl (C=O) groups excluding carboxylic acids is 3. The number of imide groups is 1. The molecule has 1 aromatic heterocycles. The van der Waals surface area contributed by atoms with Crippen LogP contribution in [0, 0.1) is 0 Å². The normalized spacial score (nSPS) is 19.2. The zero-order valence-corrected chi connectivity index (χ0v) is 11.1. The number of pyridine rings is 1. The van der Waals surface area contributed by atoms with Gasteiger partial charge < -0.3 is 4.90 Å². The lowest BCUT2D eigenvalue weighted by Gasteiger charge is -2.32. The highest BCUT2D eigenvalue weighted by Gasteiger charge is 2.34. The van der Waals surface area contributed by atoms with Crippen LogP contribution in [-0.2, 0) is 14.4 Å². The van der Waals surface area contributed by atoms with E-state index >= 15 is 0 Å². The standard InChI is InChI=1S/C14H15N3O3/c1-2-11-14(20)16-12(18)9-17(11)13(19)6-5-10-4-3-7-15-8-10/h3-8,11H,2,9H2,1H3,(H,16,18,20). The van der Waals surface area contributed by atoms with Gasteiger partial charge in [0.25, 0.3) is 0 Å². The van der Waals surface area contributed by atoms with Crippen LogP contribution in [0.15, 0.2) is 30.6 Å². The van der Waals surface area contributed by atoms with E-state index in [4.69, 9.17) is 0 Å². The molecule has 0 saturated carbocycles. The molecule has 2 rings (SSSR count). The van der Waals surface area contributed by atoms with Crippen molar-refractivity contribution in [3.63, 3.8) is 0 Å². The van der Waals surface area contributed by atoms with Gasteiger partial charge in [0.2, 0.25) is 17.7 Å². The van der Waals surface area contributed by atoms with Crippen LogP contribution in [-0.4, -0.2) is 40.2 Å². The lowest BCUT2D eigenvalue weighted by molar-refractivity contribution is -0.147. The van der Waals surface area contributed by atoms with Gasteiger partial charge in [-0.2, -0.15) is 0 Å². The topological polar surface area (TPSA) is 79.4 Å². The molecule has 6 nitrogen and oxygen atoms in total. The van der Waals surface area contributed by atoms with E-state index in [2.05, 4.69) is 10.3 Å². The first-order valence-electron chi connectivity index (χ1n) is 6.34. The van der Waals surface area contributed by atoms with Crippen LogP contribution in [0.1, 0.15) is 18.9 Å². The minimum Gasteiger partial charge on any atom is -0.318 e. The Hall–Kier alpha value is -2.50. The fraction of sp³-hybridized carbons (Fsp3) is 0.286. The Balaban J connectivity index is 2.12. The summed E-state index contributed by atoms with van der Waals surface area (Å²) in [6, 6.07) is 2.97. The number of aromatic nitrogens is 1. The molecule has 6 heteroatoms. The molecule has 0 aliphatic carbocycles. The number of hydrogen-bond acceptors (Lipinski definition) is 4. The molecule has 0 bridgehead atoms. The predicted octanol–water partition coefficient (Wildman–Crippen LogP) is 0.358. The third-order valence-electron chi connectivity index (χ3n) is 3.03. The molecule has 20 heavy (non-hydrogen) atoms. The van der Waals surface area contributed by atoms with E-state index < -0.39 is 17.9 Å². The Morgan fingerprint density at radius 2 is 2.35 bits per heavy atom. The van der Waals surface area contributed by atoms with Crippen molar-refractivity contribution in [2.45, 2.75) is 19.4 Å². The number of nitrogens with zero attached hydrogens (tertiary/aromatic N) is 2. The van der Waals surface area contributed by atoms with E-state index in [0.29, 0.717) is 6.42 Å². The molecule has 1 fully saturated rings. The Morgan fingerprint density at radius 1 is 1.55 bits per heavy atom. The lowest BCUT2D eigenvalue weighted by atomic mass is 10.1. The Labute approximate surface area is 116 Å². The maximum Gasteiger partial charge on any atom is 0.249 e. The zero-order chi connectivity index (χ0) is 14.5. The van der Waals surface area contributed by atoms with Crippen molar-refractivity contribution < 1.29 is 14.4 Å². The van der Waals surface area contributed by atoms with Crippen LogP contribution in [0.25, 0.3) is 6.08 Å². The van der Waals surface area contributed by atoms with Gasteiger partial charge in [0.1, 0.15) is 12.6 Å². The average molecular weight is 273 g/mol. The number of carbonyl (C=O) groups is 3. The second-order valence-corrected chi connectivity index (χ2v) is 4.42. The third kappa shape index (κ3) is 3.09. The largest absolute Gasteiger partial charge is 0.318 e. The Kier molecular flexibility index (Phi) is 4.24. The van der Waals surface area contributed by atoms with Gasteiger partial charge in [-0.3, -0.25) is 24.7 Å². The molecule has 0 spiro atoms. The van der Waals surface area contributed by atoms with Crippen LogP contribution in [0.4, 0.5) is 0 Å². The van der Waals surface area contributed by atoms with E-state index in [0.717, 1.165) is 5.56 Å². The van der Waals surface area contributed by atoms with Crippen molar-refractivity contribution in [3.8, 4) is 0 Å². The van der Waals surface area contributed by atoms with Crippen molar-refractivity contribution in [1.29, 1.82) is 0 Å². The monoisotopic (exact) mass is 273 g/mol. The van der Waals surface area contributed by atoms with Gasteiger partial charge in [-0.15, -0.1) is 0 Å². The maximum atomic E-state index is 12.1. The summed E-state index contributed by atoms with van der Waals surface area (Å²) in [5, 5.41) is 2.23. The van der Waals surface area contributed by atoms with Crippen molar-refractivity contribution >= 4 is 23.8 Å². The molecule has 1 aromatic rings. The molecule has 1 unspecified atom stereocenters. The van der Waals surface area contributed by atoms with Gasteiger partial charge in [-0.05, 0) is 24.1 Å². The van der Waals surface area contributed by atoms with E-state index in [9.17, 15) is 14.4 Å². The highest BCUT2D eigenvalue weighted by molar-refractivity contribution is 6.06. The summed E-state index contributed by atoms with van der Waals surface area (Å²) in [6.45, 7) is 1.70. The number of nitrogens with one attached hydrogen (secondary N) is 1. The van der Waals surface area contributed by atoms with Crippen molar-refractivity contribution in [3.05, 3.63) is 36.2 Å². The smallest absolute Gasteiger partial charge is 0.249 e. The van der Waals surface area contributed by atoms with Gasteiger partial charge in [-0.25, -0.2) is 0 Å². The van der Waals surface area contributed by atoms with Crippen LogP contribution < -0.4 is 5.32 Å². The molecule has 1 saturated heterocycles. The fourth-order valence-electron chi connectivity index (χ4n) is 2.04. The summed E-state index contributed by atoms with van der Waals surface area (Å²) < 4.78 is 0. The minimum atomic E-state index is -0.598. The first-order valence-corrected chi connectivity index (χ1v) is 6.34. The second-order valence-electron chi connectivity index (χ2n) is 4.42. The molecular weight excluding hydrogens is 258 g/mol. The van der Waals surface area contributed by atoms with E-state index in [1.165, 1.54) is 11.0 Å². The van der Waals surface area contributed by atoms with E-state index in [1.807, 2.05) is 6.07 Å². The van der Waals surface area contributed by atoms with E-state index in [-0.39, 0.29) is 12.5 Å².